The van der Waals surface area contributed by atoms with Crippen molar-refractivity contribution in [1.29, 1.82) is 0 Å². The minimum atomic E-state index is -3.38. The molecule has 0 N–H and O–H groups in total. The molecular formula is C19H22NO3PS. The first-order chi connectivity index (χ1) is 12.0. The fraction of sp³-hybridized carbons (Fsp3) is 0.368. The number of hydrogen-bond donors (Lipinski definition) is 0. The van der Waals surface area contributed by atoms with Gasteiger partial charge in [-0.1, -0.05) is 37.8 Å². The zero-order chi connectivity index (χ0) is 17.6. The molecule has 2 heterocycles. The van der Waals surface area contributed by atoms with Crippen molar-refractivity contribution >= 4 is 23.2 Å². The largest absolute Gasteiger partial charge is 0.497 e. The summed E-state index contributed by atoms with van der Waals surface area (Å²) in [5.74, 6) is 0.867. The van der Waals surface area contributed by atoms with Gasteiger partial charge >= 0.3 is 0 Å². The Morgan fingerprint density at radius 3 is 2.32 bits per heavy atom. The van der Waals surface area contributed by atoms with Crippen molar-refractivity contribution in [2.75, 3.05) is 19.8 Å². The molecule has 0 aliphatic carbocycles. The van der Waals surface area contributed by atoms with Crippen LogP contribution in [0.25, 0.3) is 0 Å². The van der Waals surface area contributed by atoms with Gasteiger partial charge in [0.25, 0.3) is 0 Å². The number of benzene rings is 2. The Balaban J connectivity index is 1.53. The fourth-order valence-corrected chi connectivity index (χ4v) is 8.90. The summed E-state index contributed by atoms with van der Waals surface area (Å²) in [5.41, 5.74) is 1.54. The number of nitrogens with zero attached hydrogens (tertiary/aromatic N) is 1. The van der Waals surface area contributed by atoms with E-state index in [-0.39, 0.29) is 14.0 Å². The van der Waals surface area contributed by atoms with E-state index in [1.165, 1.54) is 5.30 Å². The number of fused-ring (bicyclic) bond motifs is 2. The van der Waals surface area contributed by atoms with Gasteiger partial charge in [0.15, 0.2) is 0 Å². The maximum Gasteiger partial charge on any atom is 0.243 e. The van der Waals surface area contributed by atoms with Crippen LogP contribution in [0.15, 0.2) is 53.4 Å². The second-order valence-corrected chi connectivity index (χ2v) is 11.2. The molecule has 0 amide bonds. The van der Waals surface area contributed by atoms with Crippen molar-refractivity contribution in [3.05, 3.63) is 54.1 Å². The van der Waals surface area contributed by atoms with Crippen LogP contribution in [0.5, 0.6) is 5.75 Å². The van der Waals surface area contributed by atoms with Crippen LogP contribution in [0, 0.1) is 6.92 Å². The molecule has 6 heteroatoms. The minimum Gasteiger partial charge on any atom is -0.497 e. The first-order valence-electron chi connectivity index (χ1n) is 8.48. The van der Waals surface area contributed by atoms with E-state index in [1.54, 1.807) is 23.5 Å². The van der Waals surface area contributed by atoms with Crippen molar-refractivity contribution in [3.63, 3.8) is 0 Å². The predicted octanol–water partition coefficient (Wildman–Crippen LogP) is 2.96. The van der Waals surface area contributed by atoms with E-state index in [0.29, 0.717) is 17.1 Å². The molecule has 2 saturated heterocycles. The summed E-state index contributed by atoms with van der Waals surface area (Å²) in [6.07, 6.45) is 1.96. The van der Waals surface area contributed by atoms with Crippen LogP contribution in [0.3, 0.4) is 0 Å². The van der Waals surface area contributed by atoms with Crippen molar-refractivity contribution in [2.24, 2.45) is 0 Å². The average molecular weight is 375 g/mol. The summed E-state index contributed by atoms with van der Waals surface area (Å²) in [6.45, 7) is 2.62. The molecule has 4 nitrogen and oxygen atoms in total. The third-order valence-corrected chi connectivity index (χ3v) is 10.2. The highest BCUT2D eigenvalue weighted by Gasteiger charge is 2.49. The Hall–Kier alpha value is -1.42. The van der Waals surface area contributed by atoms with Crippen molar-refractivity contribution in [1.82, 2.24) is 4.31 Å². The number of hydrogen-bond acceptors (Lipinski definition) is 3. The second-order valence-electron chi connectivity index (χ2n) is 6.78. The van der Waals surface area contributed by atoms with Crippen LogP contribution in [0.2, 0.25) is 0 Å². The molecule has 25 heavy (non-hydrogen) atoms. The highest BCUT2D eigenvalue weighted by molar-refractivity contribution is 7.89. The third-order valence-electron chi connectivity index (χ3n) is 5.22. The molecule has 132 valence electrons. The van der Waals surface area contributed by atoms with Gasteiger partial charge in [0.1, 0.15) is 5.75 Å². The lowest BCUT2D eigenvalue weighted by molar-refractivity contribution is 0.408. The Kier molecular flexibility index (Phi) is 4.35. The van der Waals surface area contributed by atoms with Gasteiger partial charge in [-0.25, -0.2) is 8.42 Å². The number of rotatable bonds is 4. The van der Waals surface area contributed by atoms with Gasteiger partial charge in [-0.05, 0) is 54.7 Å². The van der Waals surface area contributed by atoms with E-state index < -0.39 is 10.0 Å². The van der Waals surface area contributed by atoms with Crippen LogP contribution >= 0.6 is 7.92 Å². The van der Waals surface area contributed by atoms with Gasteiger partial charge in [0.2, 0.25) is 10.0 Å². The molecule has 0 spiro atoms. The second kappa shape index (κ2) is 6.39. The van der Waals surface area contributed by atoms with Gasteiger partial charge in [-0.3, -0.25) is 0 Å². The van der Waals surface area contributed by atoms with Crippen molar-refractivity contribution in [3.8, 4) is 5.75 Å². The molecular weight excluding hydrogens is 353 g/mol. The Bertz CT molecular complexity index is 865. The number of ether oxygens (including phenoxy) is 1. The summed E-state index contributed by atoms with van der Waals surface area (Å²) in [4.78, 5) is 0.416. The maximum absolute atomic E-state index is 13.0. The zero-order valence-corrected chi connectivity index (χ0v) is 16.1. The highest BCUT2D eigenvalue weighted by Crippen LogP contribution is 2.55. The molecule has 2 aliphatic rings. The van der Waals surface area contributed by atoms with E-state index in [0.717, 1.165) is 23.9 Å². The van der Waals surface area contributed by atoms with Gasteiger partial charge in [-0.15, -0.1) is 0 Å². The topological polar surface area (TPSA) is 46.6 Å². The normalized spacial score (nSPS) is 26.1. The van der Waals surface area contributed by atoms with E-state index in [9.17, 15) is 8.42 Å². The molecule has 2 aromatic carbocycles. The van der Waals surface area contributed by atoms with Crippen LogP contribution in [0.1, 0.15) is 12.0 Å². The monoisotopic (exact) mass is 375 g/mol. The minimum absolute atomic E-state index is 0.143. The standard InChI is InChI=1S/C19H22NO3PS/c1-14-3-9-19(10-4-14)25(21,22)20-12-18-11-15(20)13-24(18)17-7-5-16(23-2)6-8-17/h3-10,15,18H,11-13H2,1-2H3/t15-,18-,24?/m0/s1. The molecule has 2 aromatic rings. The summed E-state index contributed by atoms with van der Waals surface area (Å²) < 4.78 is 32.9. The number of sulfonamides is 1. The molecule has 4 rings (SSSR count). The third kappa shape index (κ3) is 2.99. The first-order valence-corrected chi connectivity index (χ1v) is 11.5. The number of methoxy groups -OCH3 is 1. The smallest absolute Gasteiger partial charge is 0.243 e. The molecule has 0 radical (unpaired) electrons. The molecule has 1 unspecified atom stereocenters. The molecule has 3 atom stereocenters. The van der Waals surface area contributed by atoms with Gasteiger partial charge < -0.3 is 4.74 Å². The predicted molar refractivity (Wildman–Crippen MR) is 102 cm³/mol. The zero-order valence-electron chi connectivity index (χ0n) is 14.4. The Morgan fingerprint density at radius 2 is 1.76 bits per heavy atom. The van der Waals surface area contributed by atoms with E-state index in [2.05, 4.69) is 12.1 Å². The lowest BCUT2D eigenvalue weighted by Crippen LogP contribution is -2.40. The Morgan fingerprint density at radius 1 is 1.08 bits per heavy atom. The summed E-state index contributed by atoms with van der Waals surface area (Å²) in [6, 6.07) is 15.6. The highest BCUT2D eigenvalue weighted by atomic mass is 32.2. The molecule has 2 aliphatic heterocycles. The van der Waals surface area contributed by atoms with Crippen LogP contribution in [-0.4, -0.2) is 44.2 Å². The lowest BCUT2D eigenvalue weighted by Gasteiger charge is -2.31. The molecule has 2 bridgehead atoms. The van der Waals surface area contributed by atoms with Crippen LogP contribution in [-0.2, 0) is 10.0 Å². The Labute approximate surface area is 150 Å². The quantitative estimate of drug-likeness (QED) is 0.772. The molecule has 2 fully saturated rings. The van der Waals surface area contributed by atoms with Crippen molar-refractivity contribution < 1.29 is 13.2 Å². The summed E-state index contributed by atoms with van der Waals surface area (Å²) in [5, 5.41) is 1.36. The van der Waals surface area contributed by atoms with Crippen LogP contribution < -0.4 is 10.0 Å². The SMILES string of the molecule is COc1ccc(P2C[C@@H]3C[C@H]2CN3S(=O)(=O)c2ccc(C)cc2)cc1. The molecule has 0 aromatic heterocycles. The van der Waals surface area contributed by atoms with Crippen molar-refractivity contribution in [2.45, 2.75) is 29.9 Å². The van der Waals surface area contributed by atoms with E-state index in [1.807, 2.05) is 31.2 Å². The number of aryl methyl sites for hydroxylation is 1. The van der Waals surface area contributed by atoms with Gasteiger partial charge in [0, 0.05) is 12.6 Å². The summed E-state index contributed by atoms with van der Waals surface area (Å²) in [7, 11) is -1.99. The lowest BCUT2D eigenvalue weighted by atomic mass is 10.2. The fourth-order valence-electron chi connectivity index (χ4n) is 3.86. The van der Waals surface area contributed by atoms with Gasteiger partial charge in [-0.2, -0.15) is 4.31 Å². The average Bonchev–Trinajstić information content (AvgIpc) is 3.23. The van der Waals surface area contributed by atoms with Crippen LogP contribution in [0.4, 0.5) is 0 Å². The van der Waals surface area contributed by atoms with E-state index >= 15 is 0 Å². The summed E-state index contributed by atoms with van der Waals surface area (Å²) >= 11 is 0. The molecule has 0 saturated carbocycles. The van der Waals surface area contributed by atoms with Gasteiger partial charge in [0.05, 0.1) is 12.0 Å². The maximum atomic E-state index is 13.0. The van der Waals surface area contributed by atoms with E-state index in [4.69, 9.17) is 4.74 Å². The first kappa shape index (κ1) is 17.0.